The Hall–Kier alpha value is -2.24. The first-order valence-electron chi connectivity index (χ1n) is 8.69. The number of anilines is 2. The highest BCUT2D eigenvalue weighted by Crippen LogP contribution is 2.35. The maximum atomic E-state index is 12.7. The smallest absolute Gasteiger partial charge is 0.319 e. The van der Waals surface area contributed by atoms with Gasteiger partial charge in [-0.05, 0) is 44.2 Å². The molecule has 0 saturated carbocycles. The zero-order chi connectivity index (χ0) is 19.4. The van der Waals surface area contributed by atoms with Gasteiger partial charge < -0.3 is 9.64 Å². The van der Waals surface area contributed by atoms with Gasteiger partial charge in [0, 0.05) is 12.2 Å². The summed E-state index contributed by atoms with van der Waals surface area (Å²) < 4.78 is 5.32. The van der Waals surface area contributed by atoms with Crippen molar-refractivity contribution in [2.24, 2.45) is 10.5 Å². The van der Waals surface area contributed by atoms with Crippen LogP contribution in [0.2, 0.25) is 10.0 Å². The van der Waals surface area contributed by atoms with E-state index < -0.39 is 5.41 Å². The lowest BCUT2D eigenvalue weighted by Gasteiger charge is -2.23. The molecular weight excluding hydrogens is 385 g/mol. The van der Waals surface area contributed by atoms with Gasteiger partial charge in [0.05, 0.1) is 34.6 Å². The Morgan fingerprint density at radius 1 is 1.22 bits per heavy atom. The number of para-hydroxylation sites is 1. The number of esters is 1. The zero-order valence-corrected chi connectivity index (χ0v) is 16.7. The lowest BCUT2D eigenvalue weighted by Crippen LogP contribution is -2.38. The second-order valence-electron chi connectivity index (χ2n) is 6.54. The van der Waals surface area contributed by atoms with Crippen LogP contribution in [0.1, 0.15) is 13.8 Å². The number of nitrogens with zero attached hydrogens (tertiary/aromatic N) is 2. The minimum Gasteiger partial charge on any atom is -0.465 e. The van der Waals surface area contributed by atoms with Crippen LogP contribution in [-0.2, 0) is 9.53 Å². The molecular formula is C20H21Cl2N3O2. The summed E-state index contributed by atoms with van der Waals surface area (Å²) in [5.41, 5.74) is 4.62. The number of nitrogens with one attached hydrogen (secondary N) is 1. The van der Waals surface area contributed by atoms with Crippen molar-refractivity contribution < 1.29 is 9.53 Å². The highest BCUT2D eigenvalue weighted by atomic mass is 35.5. The van der Waals surface area contributed by atoms with Gasteiger partial charge in [-0.3, -0.25) is 10.2 Å². The van der Waals surface area contributed by atoms with Gasteiger partial charge in [0.25, 0.3) is 0 Å². The monoisotopic (exact) mass is 405 g/mol. The Balaban J connectivity index is 1.90. The van der Waals surface area contributed by atoms with Gasteiger partial charge in [0.15, 0.2) is 0 Å². The lowest BCUT2D eigenvalue weighted by atomic mass is 9.88. The summed E-state index contributed by atoms with van der Waals surface area (Å²) in [5, 5.41) is 5.50. The molecule has 7 heteroatoms. The number of hydrazone groups is 1. The van der Waals surface area contributed by atoms with Gasteiger partial charge in [0.1, 0.15) is 5.41 Å². The van der Waals surface area contributed by atoms with Gasteiger partial charge in [-0.25, -0.2) is 0 Å². The van der Waals surface area contributed by atoms with Crippen molar-refractivity contribution in [3.05, 3.63) is 58.6 Å². The Labute approximate surface area is 168 Å². The van der Waals surface area contributed by atoms with E-state index in [4.69, 9.17) is 27.9 Å². The van der Waals surface area contributed by atoms with Crippen molar-refractivity contribution >= 4 is 46.3 Å². The van der Waals surface area contributed by atoms with Gasteiger partial charge in [-0.1, -0.05) is 41.4 Å². The summed E-state index contributed by atoms with van der Waals surface area (Å²) in [4.78, 5) is 14.7. The summed E-state index contributed by atoms with van der Waals surface area (Å²) in [6, 6.07) is 15.0. The molecule has 0 bridgehead atoms. The standard InChI is InChI=1S/C20H21Cl2N3O2/c1-3-27-19(26)20(2)13-25(15-9-10-16(21)17(22)11-15)12-18(20)24-23-14-7-5-4-6-8-14/h4-11,23H,3,12-13H2,1-2H3/b24-18+. The van der Waals surface area contributed by atoms with E-state index in [1.54, 1.807) is 19.1 Å². The van der Waals surface area contributed by atoms with E-state index in [0.29, 0.717) is 35.5 Å². The molecule has 1 saturated heterocycles. The normalized spacial score (nSPS) is 20.7. The van der Waals surface area contributed by atoms with Crippen LogP contribution < -0.4 is 10.3 Å². The van der Waals surface area contributed by atoms with E-state index in [1.807, 2.05) is 48.2 Å². The Kier molecular flexibility index (Phi) is 5.92. The third-order valence-corrected chi connectivity index (χ3v) is 5.31. The number of carbonyl (C=O) groups is 1. The van der Waals surface area contributed by atoms with Crippen LogP contribution in [0, 0.1) is 5.41 Å². The van der Waals surface area contributed by atoms with Gasteiger partial charge >= 0.3 is 5.97 Å². The molecule has 5 nitrogen and oxygen atoms in total. The van der Waals surface area contributed by atoms with E-state index in [9.17, 15) is 4.79 Å². The molecule has 0 aromatic heterocycles. The second kappa shape index (κ2) is 8.19. The molecule has 142 valence electrons. The molecule has 2 aromatic rings. The highest BCUT2D eigenvalue weighted by molar-refractivity contribution is 6.42. The molecule has 3 rings (SSSR count). The number of halogens is 2. The summed E-state index contributed by atoms with van der Waals surface area (Å²) in [6.07, 6.45) is 0. The minimum absolute atomic E-state index is 0.291. The molecule has 2 aromatic carbocycles. The molecule has 0 spiro atoms. The van der Waals surface area contributed by atoms with Crippen molar-refractivity contribution in [2.45, 2.75) is 13.8 Å². The number of carbonyl (C=O) groups excluding carboxylic acids is 1. The largest absolute Gasteiger partial charge is 0.465 e. The molecule has 1 heterocycles. The summed E-state index contributed by atoms with van der Waals surface area (Å²) in [7, 11) is 0. The van der Waals surface area contributed by atoms with Crippen LogP contribution >= 0.6 is 23.2 Å². The minimum atomic E-state index is -0.857. The molecule has 1 aliphatic rings. The number of hydrogen-bond acceptors (Lipinski definition) is 5. The molecule has 0 amide bonds. The van der Waals surface area contributed by atoms with Crippen molar-refractivity contribution in [1.82, 2.24) is 0 Å². The molecule has 1 fully saturated rings. The first-order valence-corrected chi connectivity index (χ1v) is 9.45. The predicted molar refractivity (Wildman–Crippen MR) is 111 cm³/mol. The van der Waals surface area contributed by atoms with Crippen LogP contribution in [-0.4, -0.2) is 31.4 Å². The fourth-order valence-electron chi connectivity index (χ4n) is 3.02. The number of ether oxygens (including phenoxy) is 1. The first kappa shape index (κ1) is 19.5. The van der Waals surface area contributed by atoms with E-state index in [0.717, 1.165) is 11.4 Å². The fourth-order valence-corrected chi connectivity index (χ4v) is 3.32. The van der Waals surface area contributed by atoms with Crippen LogP contribution in [0.4, 0.5) is 11.4 Å². The average molecular weight is 406 g/mol. The fraction of sp³-hybridized carbons (Fsp3) is 0.300. The second-order valence-corrected chi connectivity index (χ2v) is 7.36. The Bertz CT molecular complexity index is 858. The van der Waals surface area contributed by atoms with Crippen LogP contribution in [0.5, 0.6) is 0 Å². The average Bonchev–Trinajstić information content (AvgIpc) is 3.01. The van der Waals surface area contributed by atoms with Crippen LogP contribution in [0.25, 0.3) is 0 Å². The zero-order valence-electron chi connectivity index (χ0n) is 15.2. The van der Waals surface area contributed by atoms with Gasteiger partial charge in [0.2, 0.25) is 0 Å². The molecule has 1 aliphatic heterocycles. The molecule has 27 heavy (non-hydrogen) atoms. The topological polar surface area (TPSA) is 53.9 Å². The number of rotatable bonds is 5. The Morgan fingerprint density at radius 2 is 1.96 bits per heavy atom. The SMILES string of the molecule is CCOC(=O)C1(C)CN(c2ccc(Cl)c(Cl)c2)C/C1=N\Nc1ccccc1. The van der Waals surface area contributed by atoms with Crippen LogP contribution in [0.15, 0.2) is 53.6 Å². The predicted octanol–water partition coefficient (Wildman–Crippen LogP) is 4.85. The molecule has 0 aliphatic carbocycles. The van der Waals surface area contributed by atoms with E-state index in [1.165, 1.54) is 0 Å². The van der Waals surface area contributed by atoms with E-state index >= 15 is 0 Å². The van der Waals surface area contributed by atoms with Crippen molar-refractivity contribution in [2.75, 3.05) is 30.0 Å². The third-order valence-electron chi connectivity index (χ3n) is 4.57. The third kappa shape index (κ3) is 4.20. The quantitative estimate of drug-likeness (QED) is 0.570. The summed E-state index contributed by atoms with van der Waals surface area (Å²) in [5.74, 6) is -0.291. The molecule has 0 radical (unpaired) electrons. The highest BCUT2D eigenvalue weighted by Gasteiger charge is 2.47. The number of benzene rings is 2. The van der Waals surface area contributed by atoms with E-state index in [-0.39, 0.29) is 5.97 Å². The van der Waals surface area contributed by atoms with Gasteiger partial charge in [-0.15, -0.1) is 0 Å². The maximum absolute atomic E-state index is 12.7. The van der Waals surface area contributed by atoms with Crippen molar-refractivity contribution in [3.8, 4) is 0 Å². The molecule has 1 unspecified atom stereocenters. The van der Waals surface area contributed by atoms with Gasteiger partial charge in [-0.2, -0.15) is 5.10 Å². The maximum Gasteiger partial charge on any atom is 0.319 e. The first-order chi connectivity index (χ1) is 12.9. The molecule has 1 atom stereocenters. The Morgan fingerprint density at radius 3 is 2.63 bits per heavy atom. The lowest BCUT2D eigenvalue weighted by molar-refractivity contribution is -0.149. The van der Waals surface area contributed by atoms with Crippen LogP contribution in [0.3, 0.4) is 0 Å². The summed E-state index contributed by atoms with van der Waals surface area (Å²) >= 11 is 12.2. The summed E-state index contributed by atoms with van der Waals surface area (Å²) in [6.45, 7) is 4.90. The number of hydrogen-bond donors (Lipinski definition) is 1. The molecule has 1 N–H and O–H groups in total. The van der Waals surface area contributed by atoms with Crippen molar-refractivity contribution in [1.29, 1.82) is 0 Å². The van der Waals surface area contributed by atoms with Crippen molar-refractivity contribution in [3.63, 3.8) is 0 Å². The van der Waals surface area contributed by atoms with E-state index in [2.05, 4.69) is 10.5 Å².